The number of hydrogen-bond donors (Lipinski definition) is 0. The standard InChI is InChI=1S/C30H40F2O3/c1-2-3-4-5-6-7-8-9-10-23-11-13-24(14-12-23)25-15-19-27(20-16-25)34-29(33)26-17-21-28(22-18-26)35-30(31)32/h15-24,30H,2-14H2,1H3/t23-,24-. The topological polar surface area (TPSA) is 35.5 Å². The summed E-state index contributed by atoms with van der Waals surface area (Å²) in [6.07, 6.45) is 17.5. The van der Waals surface area contributed by atoms with Crippen molar-refractivity contribution in [1.29, 1.82) is 0 Å². The molecule has 192 valence electrons. The van der Waals surface area contributed by atoms with E-state index in [-0.39, 0.29) is 11.3 Å². The Morgan fingerprint density at radius 3 is 1.97 bits per heavy atom. The van der Waals surface area contributed by atoms with Gasteiger partial charge in [-0.25, -0.2) is 4.79 Å². The summed E-state index contributed by atoms with van der Waals surface area (Å²) in [5, 5.41) is 0. The molecule has 1 fully saturated rings. The van der Waals surface area contributed by atoms with Crippen LogP contribution in [-0.2, 0) is 0 Å². The van der Waals surface area contributed by atoms with E-state index in [0.717, 1.165) is 5.92 Å². The van der Waals surface area contributed by atoms with Crippen molar-refractivity contribution in [2.75, 3.05) is 0 Å². The van der Waals surface area contributed by atoms with E-state index in [9.17, 15) is 13.6 Å². The molecule has 1 saturated carbocycles. The smallest absolute Gasteiger partial charge is 0.387 e. The third-order valence-electron chi connectivity index (χ3n) is 7.19. The first-order chi connectivity index (χ1) is 17.0. The molecule has 0 atom stereocenters. The summed E-state index contributed by atoms with van der Waals surface area (Å²) < 4.78 is 34.3. The Morgan fingerprint density at radius 1 is 0.800 bits per heavy atom. The molecular formula is C30H40F2O3. The highest BCUT2D eigenvalue weighted by molar-refractivity contribution is 5.91. The van der Waals surface area contributed by atoms with Gasteiger partial charge in [-0.2, -0.15) is 8.78 Å². The minimum atomic E-state index is -2.89. The van der Waals surface area contributed by atoms with E-state index in [1.54, 1.807) is 0 Å². The number of halogens is 2. The van der Waals surface area contributed by atoms with E-state index in [0.29, 0.717) is 11.7 Å². The molecular weight excluding hydrogens is 446 g/mol. The number of unbranched alkanes of at least 4 members (excludes halogenated alkanes) is 7. The summed E-state index contributed by atoms with van der Waals surface area (Å²) in [6.45, 7) is -0.624. The minimum absolute atomic E-state index is 0.00780. The average Bonchev–Trinajstić information content (AvgIpc) is 2.86. The van der Waals surface area contributed by atoms with Gasteiger partial charge in [0.1, 0.15) is 11.5 Å². The van der Waals surface area contributed by atoms with Crippen molar-refractivity contribution >= 4 is 5.97 Å². The maximum atomic E-state index is 12.3. The molecule has 0 aliphatic heterocycles. The monoisotopic (exact) mass is 486 g/mol. The Bertz CT molecular complexity index is 856. The molecule has 0 heterocycles. The fourth-order valence-corrected chi connectivity index (χ4v) is 5.10. The van der Waals surface area contributed by atoms with Crippen LogP contribution in [0.2, 0.25) is 0 Å². The number of alkyl halides is 2. The van der Waals surface area contributed by atoms with Crippen LogP contribution in [0.5, 0.6) is 11.5 Å². The molecule has 0 saturated heterocycles. The van der Waals surface area contributed by atoms with Crippen LogP contribution in [0.1, 0.15) is 112 Å². The first-order valence-corrected chi connectivity index (χ1v) is 13.4. The molecule has 0 amide bonds. The fourth-order valence-electron chi connectivity index (χ4n) is 5.10. The Morgan fingerprint density at radius 2 is 1.37 bits per heavy atom. The van der Waals surface area contributed by atoms with E-state index in [2.05, 4.69) is 23.8 Å². The predicted molar refractivity (Wildman–Crippen MR) is 136 cm³/mol. The molecule has 0 radical (unpaired) electrons. The van der Waals surface area contributed by atoms with E-state index in [1.165, 1.54) is 113 Å². The molecule has 0 aromatic heterocycles. The van der Waals surface area contributed by atoms with Gasteiger partial charge in [-0.15, -0.1) is 0 Å². The molecule has 1 aliphatic carbocycles. The number of rotatable bonds is 14. The average molecular weight is 487 g/mol. The molecule has 35 heavy (non-hydrogen) atoms. The Labute approximate surface area is 209 Å². The van der Waals surface area contributed by atoms with Crippen LogP contribution >= 0.6 is 0 Å². The van der Waals surface area contributed by atoms with Crippen molar-refractivity contribution in [3.05, 3.63) is 59.7 Å². The van der Waals surface area contributed by atoms with Crippen LogP contribution in [0.15, 0.2) is 48.5 Å². The van der Waals surface area contributed by atoms with Gasteiger partial charge in [-0.05, 0) is 79.5 Å². The molecule has 2 aromatic carbocycles. The first kappa shape index (κ1) is 27.2. The Balaban J connectivity index is 1.35. The number of ether oxygens (including phenoxy) is 2. The van der Waals surface area contributed by atoms with Crippen LogP contribution in [0.25, 0.3) is 0 Å². The summed E-state index contributed by atoms with van der Waals surface area (Å²) >= 11 is 0. The molecule has 3 nitrogen and oxygen atoms in total. The zero-order valence-electron chi connectivity index (χ0n) is 21.0. The highest BCUT2D eigenvalue weighted by Crippen LogP contribution is 2.38. The lowest BCUT2D eigenvalue weighted by Crippen LogP contribution is -2.13. The van der Waals surface area contributed by atoms with E-state index in [1.807, 2.05) is 12.1 Å². The number of esters is 1. The van der Waals surface area contributed by atoms with Crippen LogP contribution in [0.3, 0.4) is 0 Å². The quantitative estimate of drug-likeness (QED) is 0.152. The van der Waals surface area contributed by atoms with Gasteiger partial charge in [0.2, 0.25) is 0 Å². The number of carbonyl (C=O) groups excluding carboxylic acids is 1. The summed E-state index contributed by atoms with van der Waals surface area (Å²) in [5.74, 6) is 1.42. The van der Waals surface area contributed by atoms with Crippen LogP contribution in [0, 0.1) is 5.92 Å². The second-order valence-corrected chi connectivity index (χ2v) is 9.84. The van der Waals surface area contributed by atoms with Gasteiger partial charge in [0.15, 0.2) is 0 Å². The number of hydrogen-bond acceptors (Lipinski definition) is 3. The summed E-state index contributed by atoms with van der Waals surface area (Å²) in [5.41, 5.74) is 1.59. The Hall–Kier alpha value is -2.43. The highest BCUT2D eigenvalue weighted by atomic mass is 19.3. The van der Waals surface area contributed by atoms with Crippen LogP contribution in [0.4, 0.5) is 8.78 Å². The summed E-state index contributed by atoms with van der Waals surface area (Å²) in [4.78, 5) is 12.3. The van der Waals surface area contributed by atoms with Crippen LogP contribution in [-0.4, -0.2) is 12.6 Å². The first-order valence-electron chi connectivity index (χ1n) is 13.4. The third-order valence-corrected chi connectivity index (χ3v) is 7.19. The van der Waals surface area contributed by atoms with Crippen LogP contribution < -0.4 is 9.47 Å². The van der Waals surface area contributed by atoms with Crippen molar-refractivity contribution in [3.63, 3.8) is 0 Å². The fraction of sp³-hybridized carbons (Fsp3) is 0.567. The van der Waals surface area contributed by atoms with Crippen molar-refractivity contribution < 1.29 is 23.0 Å². The lowest BCUT2D eigenvalue weighted by atomic mass is 9.77. The van der Waals surface area contributed by atoms with E-state index < -0.39 is 12.6 Å². The maximum absolute atomic E-state index is 12.3. The van der Waals surface area contributed by atoms with Crippen molar-refractivity contribution in [2.45, 2.75) is 103 Å². The summed E-state index contributed by atoms with van der Waals surface area (Å²) in [7, 11) is 0. The van der Waals surface area contributed by atoms with Gasteiger partial charge in [-0.1, -0.05) is 76.8 Å². The van der Waals surface area contributed by atoms with Gasteiger partial charge < -0.3 is 9.47 Å². The second kappa shape index (κ2) is 14.9. The molecule has 0 N–H and O–H groups in total. The number of benzene rings is 2. The molecule has 5 heteroatoms. The molecule has 0 bridgehead atoms. The van der Waals surface area contributed by atoms with Gasteiger partial charge >= 0.3 is 12.6 Å². The number of carbonyl (C=O) groups is 1. The van der Waals surface area contributed by atoms with Gasteiger partial charge in [0, 0.05) is 0 Å². The van der Waals surface area contributed by atoms with Crippen molar-refractivity contribution in [2.24, 2.45) is 5.92 Å². The Kier molecular flexibility index (Phi) is 11.5. The minimum Gasteiger partial charge on any atom is -0.435 e. The molecule has 0 unspecified atom stereocenters. The SMILES string of the molecule is CCCCCCCCCC[C@H]1CC[C@H](c2ccc(OC(=O)c3ccc(OC(F)F)cc3)cc2)CC1. The third kappa shape index (κ3) is 9.62. The zero-order chi connectivity index (χ0) is 24.9. The van der Waals surface area contributed by atoms with Crippen molar-refractivity contribution in [1.82, 2.24) is 0 Å². The normalized spacial score (nSPS) is 17.9. The summed E-state index contributed by atoms with van der Waals surface area (Å²) in [6, 6.07) is 13.3. The van der Waals surface area contributed by atoms with Crippen molar-refractivity contribution in [3.8, 4) is 11.5 Å². The van der Waals surface area contributed by atoms with E-state index in [4.69, 9.17) is 4.74 Å². The highest BCUT2D eigenvalue weighted by Gasteiger charge is 2.22. The van der Waals surface area contributed by atoms with Gasteiger partial charge in [-0.3, -0.25) is 0 Å². The molecule has 0 spiro atoms. The lowest BCUT2D eigenvalue weighted by Gasteiger charge is -2.29. The van der Waals surface area contributed by atoms with Gasteiger partial charge in [0.05, 0.1) is 5.56 Å². The predicted octanol–water partition coefficient (Wildman–Crippen LogP) is 9.31. The van der Waals surface area contributed by atoms with Gasteiger partial charge in [0.25, 0.3) is 0 Å². The zero-order valence-corrected chi connectivity index (χ0v) is 21.0. The maximum Gasteiger partial charge on any atom is 0.387 e. The largest absolute Gasteiger partial charge is 0.435 e. The molecule has 2 aromatic rings. The molecule has 3 rings (SSSR count). The second-order valence-electron chi connectivity index (χ2n) is 9.84. The van der Waals surface area contributed by atoms with E-state index >= 15 is 0 Å². The lowest BCUT2D eigenvalue weighted by molar-refractivity contribution is -0.0498. The molecule has 1 aliphatic rings.